The van der Waals surface area contributed by atoms with Gasteiger partial charge in [0, 0.05) is 7.05 Å². The molecule has 0 bridgehead atoms. The average molecular weight is 221 g/mol. The first kappa shape index (κ1) is 9.92. The van der Waals surface area contributed by atoms with Gasteiger partial charge >= 0.3 is 0 Å². The monoisotopic (exact) mass is 221 g/mol. The van der Waals surface area contributed by atoms with Crippen molar-refractivity contribution >= 4 is 12.2 Å². The van der Waals surface area contributed by atoms with Crippen LogP contribution in [0, 0.1) is 4.77 Å². The van der Waals surface area contributed by atoms with Gasteiger partial charge in [0.15, 0.2) is 10.6 Å². The molecule has 0 unspecified atom stereocenters. The third-order valence-electron chi connectivity index (χ3n) is 2.08. The van der Waals surface area contributed by atoms with E-state index in [4.69, 9.17) is 17.0 Å². The van der Waals surface area contributed by atoms with E-state index in [1.54, 1.807) is 4.57 Å². The van der Waals surface area contributed by atoms with Crippen molar-refractivity contribution in [1.29, 1.82) is 0 Å². The minimum Gasteiger partial charge on any atom is -0.486 e. The van der Waals surface area contributed by atoms with E-state index in [1.165, 1.54) is 0 Å². The van der Waals surface area contributed by atoms with Crippen LogP contribution in [0.5, 0.6) is 5.75 Å². The van der Waals surface area contributed by atoms with E-state index in [9.17, 15) is 0 Å². The minimum atomic E-state index is 0.410. The van der Waals surface area contributed by atoms with Crippen molar-refractivity contribution in [1.82, 2.24) is 14.8 Å². The normalized spacial score (nSPS) is 10.2. The number of nitrogens with zero attached hydrogens (tertiary/aromatic N) is 2. The first-order valence-corrected chi connectivity index (χ1v) is 4.96. The Hall–Kier alpha value is -1.62. The van der Waals surface area contributed by atoms with E-state index in [0.29, 0.717) is 11.4 Å². The second kappa shape index (κ2) is 4.27. The number of ether oxygens (including phenoxy) is 1. The van der Waals surface area contributed by atoms with E-state index in [2.05, 4.69) is 10.2 Å². The Morgan fingerprint density at radius 3 is 2.73 bits per heavy atom. The van der Waals surface area contributed by atoms with Crippen molar-refractivity contribution in [3.63, 3.8) is 0 Å². The predicted octanol–water partition coefficient (Wildman–Crippen LogP) is 2.06. The molecule has 5 heteroatoms. The highest BCUT2D eigenvalue weighted by Crippen LogP contribution is 2.10. The summed E-state index contributed by atoms with van der Waals surface area (Å²) in [5, 5.41) is 6.76. The van der Waals surface area contributed by atoms with Crippen molar-refractivity contribution in [2.75, 3.05) is 0 Å². The maximum atomic E-state index is 5.54. The summed E-state index contributed by atoms with van der Waals surface area (Å²) in [6.07, 6.45) is 0. The van der Waals surface area contributed by atoms with Crippen LogP contribution >= 0.6 is 12.2 Å². The third kappa shape index (κ3) is 2.24. The molecule has 0 atom stereocenters. The summed E-state index contributed by atoms with van der Waals surface area (Å²) >= 11 is 4.99. The van der Waals surface area contributed by atoms with Crippen molar-refractivity contribution in [3.05, 3.63) is 40.9 Å². The van der Waals surface area contributed by atoms with Crippen LogP contribution in [0.4, 0.5) is 0 Å². The fourth-order valence-electron chi connectivity index (χ4n) is 1.17. The van der Waals surface area contributed by atoms with Crippen molar-refractivity contribution in [3.8, 4) is 5.75 Å². The van der Waals surface area contributed by atoms with E-state index in [-0.39, 0.29) is 0 Å². The van der Waals surface area contributed by atoms with Crippen LogP contribution in [0.1, 0.15) is 5.82 Å². The fourth-order valence-corrected chi connectivity index (χ4v) is 1.32. The van der Waals surface area contributed by atoms with Crippen molar-refractivity contribution in [2.24, 2.45) is 7.05 Å². The van der Waals surface area contributed by atoms with Gasteiger partial charge in [0.05, 0.1) is 0 Å². The quantitative estimate of drug-likeness (QED) is 0.807. The summed E-state index contributed by atoms with van der Waals surface area (Å²) in [6, 6.07) is 9.61. The molecule has 1 aromatic carbocycles. The number of rotatable bonds is 3. The summed E-state index contributed by atoms with van der Waals surface area (Å²) < 4.78 is 7.93. The van der Waals surface area contributed by atoms with Gasteiger partial charge in [-0.1, -0.05) is 18.2 Å². The summed E-state index contributed by atoms with van der Waals surface area (Å²) in [6.45, 7) is 0.410. The number of nitrogens with one attached hydrogen (secondary N) is 1. The summed E-state index contributed by atoms with van der Waals surface area (Å²) in [4.78, 5) is 0. The molecule has 4 nitrogen and oxygen atoms in total. The molecule has 1 N–H and O–H groups in total. The van der Waals surface area contributed by atoms with E-state index < -0.39 is 0 Å². The van der Waals surface area contributed by atoms with Crippen LogP contribution in [0.2, 0.25) is 0 Å². The fraction of sp³-hybridized carbons (Fsp3) is 0.200. The molecule has 1 aromatic heterocycles. The molecule has 2 rings (SSSR count). The zero-order valence-electron chi connectivity index (χ0n) is 8.30. The second-order valence-corrected chi connectivity index (χ2v) is 3.49. The lowest BCUT2D eigenvalue weighted by atomic mass is 10.3. The van der Waals surface area contributed by atoms with Crippen LogP contribution in [-0.4, -0.2) is 14.8 Å². The molecule has 0 saturated heterocycles. The Kier molecular flexibility index (Phi) is 2.82. The lowest BCUT2D eigenvalue weighted by Gasteiger charge is -2.04. The highest BCUT2D eigenvalue weighted by atomic mass is 32.1. The highest BCUT2D eigenvalue weighted by Gasteiger charge is 2.02. The number of para-hydroxylation sites is 1. The Balaban J connectivity index is 2.06. The molecule has 0 aliphatic rings. The van der Waals surface area contributed by atoms with Crippen LogP contribution in [0.3, 0.4) is 0 Å². The number of H-pyrrole nitrogens is 1. The first-order chi connectivity index (χ1) is 7.27. The molecule has 15 heavy (non-hydrogen) atoms. The standard InChI is InChI=1S/C10H11N3OS/c1-13-9(11-12-10(13)15)7-14-8-5-3-2-4-6-8/h2-6H,7H2,1H3,(H,12,15). The molecule has 2 aromatic rings. The molecule has 1 heterocycles. The maximum absolute atomic E-state index is 5.54. The largest absolute Gasteiger partial charge is 0.486 e. The molecular weight excluding hydrogens is 210 g/mol. The van der Waals surface area contributed by atoms with Gasteiger partial charge < -0.3 is 9.30 Å². The molecule has 0 saturated carbocycles. The number of benzene rings is 1. The Morgan fingerprint density at radius 2 is 2.13 bits per heavy atom. The van der Waals surface area contributed by atoms with Gasteiger partial charge in [-0.05, 0) is 24.4 Å². The predicted molar refractivity (Wildman–Crippen MR) is 59.2 cm³/mol. The highest BCUT2D eigenvalue weighted by molar-refractivity contribution is 7.71. The first-order valence-electron chi connectivity index (χ1n) is 4.55. The van der Waals surface area contributed by atoms with Gasteiger partial charge in [-0.3, -0.25) is 5.10 Å². The lowest BCUT2D eigenvalue weighted by molar-refractivity contribution is 0.291. The topological polar surface area (TPSA) is 42.8 Å². The van der Waals surface area contributed by atoms with Gasteiger partial charge in [-0.25, -0.2) is 0 Å². The molecular formula is C10H11N3OS. The van der Waals surface area contributed by atoms with E-state index >= 15 is 0 Å². The van der Waals surface area contributed by atoms with Gasteiger partial charge in [0.1, 0.15) is 12.4 Å². The van der Waals surface area contributed by atoms with Crippen molar-refractivity contribution in [2.45, 2.75) is 6.61 Å². The van der Waals surface area contributed by atoms with Gasteiger partial charge in [-0.2, -0.15) is 5.10 Å². The summed E-state index contributed by atoms with van der Waals surface area (Å²) in [5.41, 5.74) is 0. The Bertz CT molecular complexity index is 489. The number of hydrogen-bond donors (Lipinski definition) is 1. The zero-order valence-corrected chi connectivity index (χ0v) is 9.12. The molecule has 0 aliphatic heterocycles. The lowest BCUT2D eigenvalue weighted by Crippen LogP contribution is -2.03. The molecule has 0 aliphatic carbocycles. The van der Waals surface area contributed by atoms with E-state index in [1.807, 2.05) is 37.4 Å². The third-order valence-corrected chi connectivity index (χ3v) is 2.45. The van der Waals surface area contributed by atoms with Crippen LogP contribution in [0.25, 0.3) is 0 Å². The molecule has 78 valence electrons. The van der Waals surface area contributed by atoms with Crippen LogP contribution < -0.4 is 4.74 Å². The summed E-state index contributed by atoms with van der Waals surface area (Å²) in [7, 11) is 1.86. The van der Waals surface area contributed by atoms with E-state index in [0.717, 1.165) is 11.6 Å². The molecule has 0 radical (unpaired) electrons. The Morgan fingerprint density at radius 1 is 1.40 bits per heavy atom. The SMILES string of the molecule is Cn1c(COc2ccccc2)n[nH]c1=S. The Labute approximate surface area is 92.5 Å². The average Bonchev–Trinajstić information content (AvgIpc) is 2.59. The van der Waals surface area contributed by atoms with Crippen LogP contribution in [-0.2, 0) is 13.7 Å². The number of aromatic amines is 1. The summed E-state index contributed by atoms with van der Waals surface area (Å²) in [5.74, 6) is 1.61. The zero-order chi connectivity index (χ0) is 10.7. The van der Waals surface area contributed by atoms with Gasteiger partial charge in [-0.15, -0.1) is 0 Å². The van der Waals surface area contributed by atoms with Crippen molar-refractivity contribution < 1.29 is 4.74 Å². The van der Waals surface area contributed by atoms with Gasteiger partial charge in [0.2, 0.25) is 0 Å². The van der Waals surface area contributed by atoms with Gasteiger partial charge in [0.25, 0.3) is 0 Å². The van der Waals surface area contributed by atoms with Crippen LogP contribution in [0.15, 0.2) is 30.3 Å². The molecule has 0 spiro atoms. The number of aromatic nitrogens is 3. The molecule has 0 fully saturated rings. The minimum absolute atomic E-state index is 0.410. The second-order valence-electron chi connectivity index (χ2n) is 3.11. The maximum Gasteiger partial charge on any atom is 0.194 e. The molecule has 0 amide bonds. The smallest absolute Gasteiger partial charge is 0.194 e. The number of hydrogen-bond acceptors (Lipinski definition) is 3.